The van der Waals surface area contributed by atoms with E-state index in [2.05, 4.69) is 37.1 Å². The topological polar surface area (TPSA) is 61.9 Å². The van der Waals surface area contributed by atoms with Crippen LogP contribution in [0.4, 0.5) is 10.5 Å². The number of amides is 2. The van der Waals surface area contributed by atoms with Gasteiger partial charge in [0, 0.05) is 37.4 Å². The summed E-state index contributed by atoms with van der Waals surface area (Å²) in [5.41, 5.74) is 3.80. The number of rotatable bonds is 7. The Morgan fingerprint density at radius 3 is 2.31 bits per heavy atom. The molecular formula is C26H35N3O3. The molecule has 32 heavy (non-hydrogen) atoms. The average molecular weight is 438 g/mol. The number of carbonyl (C=O) groups is 2. The van der Waals surface area contributed by atoms with Crippen molar-refractivity contribution in [1.29, 1.82) is 0 Å². The van der Waals surface area contributed by atoms with Crippen LogP contribution in [0.25, 0.3) is 0 Å². The summed E-state index contributed by atoms with van der Waals surface area (Å²) in [6.45, 7) is 8.77. The Balaban J connectivity index is 1.61. The summed E-state index contributed by atoms with van der Waals surface area (Å²) in [4.78, 5) is 29.1. The zero-order valence-electron chi connectivity index (χ0n) is 19.6. The number of methoxy groups -OCH3 is 1. The van der Waals surface area contributed by atoms with Crippen LogP contribution in [0.5, 0.6) is 0 Å². The molecule has 2 atom stereocenters. The average Bonchev–Trinajstić information content (AvgIpc) is 2.78. The Labute approximate surface area is 191 Å². The van der Waals surface area contributed by atoms with Gasteiger partial charge < -0.3 is 15.0 Å². The molecule has 6 nitrogen and oxygen atoms in total. The predicted molar refractivity (Wildman–Crippen MR) is 128 cm³/mol. The number of para-hydroxylation sites is 1. The number of carbonyl (C=O) groups excluding carboxylic acids is 2. The van der Waals surface area contributed by atoms with Gasteiger partial charge in [-0.3, -0.25) is 4.90 Å². The molecule has 1 N–H and O–H groups in total. The fourth-order valence-corrected chi connectivity index (χ4v) is 4.49. The van der Waals surface area contributed by atoms with Crippen LogP contribution in [-0.2, 0) is 17.7 Å². The summed E-state index contributed by atoms with van der Waals surface area (Å²) in [5.74, 6) is -0.324. The monoisotopic (exact) mass is 437 g/mol. The van der Waals surface area contributed by atoms with Gasteiger partial charge in [0.05, 0.1) is 12.7 Å². The number of hydrogen-bond acceptors (Lipinski definition) is 4. The first kappa shape index (κ1) is 23.8. The molecule has 0 bridgehead atoms. The van der Waals surface area contributed by atoms with Crippen LogP contribution >= 0.6 is 0 Å². The van der Waals surface area contributed by atoms with Crippen LogP contribution in [0.2, 0.25) is 0 Å². The Kier molecular flexibility index (Phi) is 8.28. The van der Waals surface area contributed by atoms with E-state index in [4.69, 9.17) is 4.74 Å². The van der Waals surface area contributed by atoms with E-state index in [0.29, 0.717) is 5.56 Å². The second kappa shape index (κ2) is 11.1. The van der Waals surface area contributed by atoms with E-state index >= 15 is 0 Å². The van der Waals surface area contributed by atoms with Gasteiger partial charge in [0.2, 0.25) is 0 Å². The molecule has 0 saturated carbocycles. The number of urea groups is 1. The van der Waals surface area contributed by atoms with E-state index < -0.39 is 0 Å². The molecule has 2 aromatic carbocycles. The van der Waals surface area contributed by atoms with Gasteiger partial charge in [-0.15, -0.1) is 0 Å². The number of ether oxygens (including phenoxy) is 1. The maximum absolute atomic E-state index is 13.2. The van der Waals surface area contributed by atoms with Crippen LogP contribution in [0.1, 0.15) is 55.1 Å². The van der Waals surface area contributed by atoms with Crippen molar-refractivity contribution in [2.75, 3.05) is 25.5 Å². The van der Waals surface area contributed by atoms with E-state index in [1.807, 2.05) is 35.2 Å². The number of unbranched alkanes of at least 4 members (excludes halogenated alkanes) is 1. The van der Waals surface area contributed by atoms with Crippen LogP contribution in [0.15, 0.2) is 48.5 Å². The molecule has 1 fully saturated rings. The number of esters is 1. The van der Waals surface area contributed by atoms with Crippen LogP contribution in [0.3, 0.4) is 0 Å². The van der Waals surface area contributed by atoms with E-state index in [0.717, 1.165) is 50.1 Å². The van der Waals surface area contributed by atoms with Crippen LogP contribution in [-0.4, -0.2) is 54.1 Å². The van der Waals surface area contributed by atoms with Crippen molar-refractivity contribution in [3.8, 4) is 0 Å². The standard InChI is InChI=1S/C26H35N3O3/c1-5-6-9-22-10-7-8-11-24(22)27-26(31)29-19(2)16-28(17-20(29)3)18-21-12-14-23(15-13-21)25(30)32-4/h7-8,10-15,19-20H,5-6,9,16-18H2,1-4H3,(H,27,31)/t19-,20+. The third-order valence-corrected chi connectivity index (χ3v) is 6.07. The number of hydrogen-bond donors (Lipinski definition) is 1. The lowest BCUT2D eigenvalue weighted by Gasteiger charge is -2.44. The van der Waals surface area contributed by atoms with Gasteiger partial charge in [0.15, 0.2) is 0 Å². The number of nitrogens with zero attached hydrogens (tertiary/aromatic N) is 2. The highest BCUT2D eigenvalue weighted by molar-refractivity contribution is 5.91. The Bertz CT molecular complexity index is 901. The number of aryl methyl sites for hydroxylation is 1. The second-order valence-electron chi connectivity index (χ2n) is 8.68. The Hall–Kier alpha value is -2.86. The minimum absolute atomic E-state index is 0.0315. The third kappa shape index (κ3) is 5.88. The molecule has 0 aromatic heterocycles. The lowest BCUT2D eigenvalue weighted by molar-refractivity contribution is 0.0600. The SMILES string of the molecule is CCCCc1ccccc1NC(=O)N1[C@H](C)CN(Cc2ccc(C(=O)OC)cc2)C[C@@H]1C. The number of nitrogens with one attached hydrogen (secondary N) is 1. The maximum atomic E-state index is 13.2. The Morgan fingerprint density at radius 1 is 1.03 bits per heavy atom. The van der Waals surface area contributed by atoms with E-state index in [-0.39, 0.29) is 24.1 Å². The minimum atomic E-state index is -0.324. The highest BCUT2D eigenvalue weighted by atomic mass is 16.5. The fourth-order valence-electron chi connectivity index (χ4n) is 4.49. The van der Waals surface area contributed by atoms with E-state index in [1.54, 1.807) is 12.1 Å². The molecule has 0 unspecified atom stereocenters. The van der Waals surface area contributed by atoms with Crippen molar-refractivity contribution in [3.05, 3.63) is 65.2 Å². The molecule has 2 aromatic rings. The second-order valence-corrected chi connectivity index (χ2v) is 8.68. The quantitative estimate of drug-likeness (QED) is 0.623. The summed E-state index contributed by atoms with van der Waals surface area (Å²) in [7, 11) is 1.39. The first-order chi connectivity index (χ1) is 15.4. The van der Waals surface area contributed by atoms with E-state index in [1.165, 1.54) is 12.7 Å². The molecule has 2 amide bonds. The zero-order valence-corrected chi connectivity index (χ0v) is 19.6. The van der Waals surface area contributed by atoms with Crippen molar-refractivity contribution >= 4 is 17.7 Å². The Morgan fingerprint density at radius 2 is 1.69 bits per heavy atom. The molecule has 0 spiro atoms. The van der Waals surface area contributed by atoms with Crippen LogP contribution < -0.4 is 5.32 Å². The van der Waals surface area contributed by atoms with Crippen molar-refractivity contribution in [2.45, 2.75) is 58.7 Å². The molecule has 1 aliphatic rings. The predicted octanol–water partition coefficient (Wildman–Crippen LogP) is 4.94. The summed E-state index contributed by atoms with van der Waals surface area (Å²) in [5, 5.41) is 3.16. The van der Waals surface area contributed by atoms with Crippen LogP contribution in [0, 0.1) is 0 Å². The molecule has 1 heterocycles. The molecule has 3 rings (SSSR count). The number of benzene rings is 2. The number of piperazine rings is 1. The van der Waals surface area contributed by atoms with E-state index in [9.17, 15) is 9.59 Å². The summed E-state index contributed by atoms with van der Waals surface area (Å²) < 4.78 is 4.76. The molecule has 172 valence electrons. The molecule has 1 saturated heterocycles. The van der Waals surface area contributed by atoms with Crippen molar-refractivity contribution in [1.82, 2.24) is 9.80 Å². The van der Waals surface area contributed by atoms with Crippen molar-refractivity contribution < 1.29 is 14.3 Å². The smallest absolute Gasteiger partial charge is 0.337 e. The highest BCUT2D eigenvalue weighted by Crippen LogP contribution is 2.22. The molecular weight excluding hydrogens is 402 g/mol. The first-order valence-electron chi connectivity index (χ1n) is 11.5. The number of anilines is 1. The zero-order chi connectivity index (χ0) is 23.1. The largest absolute Gasteiger partial charge is 0.465 e. The van der Waals surface area contributed by atoms with Gasteiger partial charge in [-0.1, -0.05) is 43.7 Å². The van der Waals surface area contributed by atoms with Gasteiger partial charge in [-0.05, 0) is 56.0 Å². The van der Waals surface area contributed by atoms with Gasteiger partial charge in [-0.2, -0.15) is 0 Å². The maximum Gasteiger partial charge on any atom is 0.337 e. The summed E-state index contributed by atoms with van der Waals surface area (Å²) in [6, 6.07) is 15.8. The summed E-state index contributed by atoms with van der Waals surface area (Å²) in [6.07, 6.45) is 3.21. The lowest BCUT2D eigenvalue weighted by Crippen LogP contribution is -2.59. The van der Waals surface area contributed by atoms with Crippen molar-refractivity contribution in [3.63, 3.8) is 0 Å². The first-order valence-corrected chi connectivity index (χ1v) is 11.5. The fraction of sp³-hybridized carbons (Fsp3) is 0.462. The minimum Gasteiger partial charge on any atom is -0.465 e. The lowest BCUT2D eigenvalue weighted by atomic mass is 10.1. The normalized spacial score (nSPS) is 18.9. The summed E-state index contributed by atoms with van der Waals surface area (Å²) >= 11 is 0. The molecule has 0 radical (unpaired) electrons. The third-order valence-electron chi connectivity index (χ3n) is 6.07. The van der Waals surface area contributed by atoms with Crippen molar-refractivity contribution in [2.24, 2.45) is 0 Å². The molecule has 6 heteroatoms. The van der Waals surface area contributed by atoms with Gasteiger partial charge in [-0.25, -0.2) is 9.59 Å². The van der Waals surface area contributed by atoms with Gasteiger partial charge in [0.25, 0.3) is 0 Å². The van der Waals surface area contributed by atoms with Gasteiger partial charge >= 0.3 is 12.0 Å². The molecule has 0 aliphatic carbocycles. The molecule has 1 aliphatic heterocycles. The van der Waals surface area contributed by atoms with Gasteiger partial charge in [0.1, 0.15) is 0 Å². The highest BCUT2D eigenvalue weighted by Gasteiger charge is 2.33.